The zero-order valence-corrected chi connectivity index (χ0v) is 12.4. The average molecular weight is 279 g/mol. The van der Waals surface area contributed by atoms with Crippen LogP contribution in [0.25, 0.3) is 0 Å². The van der Waals surface area contributed by atoms with Crippen LogP contribution in [0.5, 0.6) is 0 Å². The predicted octanol–water partition coefficient (Wildman–Crippen LogP) is 2.80. The monoisotopic (exact) mass is 279 g/mol. The minimum atomic E-state index is -0.137. The largest absolute Gasteiger partial charge is 0.446 e. The van der Waals surface area contributed by atoms with E-state index >= 15 is 0 Å². The van der Waals surface area contributed by atoms with Gasteiger partial charge in [0, 0.05) is 6.04 Å². The molecule has 1 saturated heterocycles. The summed E-state index contributed by atoms with van der Waals surface area (Å²) in [5.74, 6) is 0.494. The minimum absolute atomic E-state index is 0.137. The number of oxazole rings is 1. The number of carbonyl (C=O) groups is 1. The first-order chi connectivity index (χ1) is 9.70. The quantitative estimate of drug-likeness (QED) is 0.753. The summed E-state index contributed by atoms with van der Waals surface area (Å²) in [7, 11) is 0. The predicted molar refractivity (Wildman–Crippen MR) is 77.6 cm³/mol. The van der Waals surface area contributed by atoms with E-state index < -0.39 is 0 Å². The van der Waals surface area contributed by atoms with Crippen LogP contribution in [-0.4, -0.2) is 23.5 Å². The van der Waals surface area contributed by atoms with Crippen molar-refractivity contribution in [3.63, 3.8) is 0 Å². The Morgan fingerprint density at radius 1 is 1.60 bits per heavy atom. The number of nitrogens with zero attached hydrogens (tertiary/aromatic N) is 1. The highest BCUT2D eigenvalue weighted by Gasteiger charge is 2.23. The van der Waals surface area contributed by atoms with Gasteiger partial charge in [-0.25, -0.2) is 4.98 Å². The van der Waals surface area contributed by atoms with Gasteiger partial charge < -0.3 is 15.1 Å². The molecule has 1 fully saturated rings. The van der Waals surface area contributed by atoms with E-state index in [4.69, 9.17) is 4.42 Å². The lowest BCUT2D eigenvalue weighted by Crippen LogP contribution is -2.32. The number of nitrogens with one attached hydrogen (secondary N) is 2. The molecule has 1 aromatic rings. The molecule has 5 heteroatoms. The van der Waals surface area contributed by atoms with Crippen molar-refractivity contribution in [3.8, 4) is 0 Å². The Morgan fingerprint density at radius 2 is 2.45 bits per heavy atom. The lowest BCUT2D eigenvalue weighted by molar-refractivity contribution is 0.0933. The molecule has 5 nitrogen and oxygen atoms in total. The first-order valence-electron chi connectivity index (χ1n) is 7.70. The Labute approximate surface area is 120 Å². The number of aromatic nitrogens is 1. The molecule has 0 aromatic carbocycles. The summed E-state index contributed by atoms with van der Waals surface area (Å²) in [6, 6.07) is 0.345. The van der Waals surface area contributed by atoms with Gasteiger partial charge in [0.2, 0.25) is 5.89 Å². The summed E-state index contributed by atoms with van der Waals surface area (Å²) in [5, 5.41) is 6.29. The second-order valence-corrected chi connectivity index (χ2v) is 5.59. The molecule has 0 saturated carbocycles. The number of hydrogen-bond acceptors (Lipinski definition) is 4. The van der Waals surface area contributed by atoms with Crippen molar-refractivity contribution in [2.75, 3.05) is 6.54 Å². The van der Waals surface area contributed by atoms with E-state index in [-0.39, 0.29) is 18.0 Å². The zero-order valence-electron chi connectivity index (χ0n) is 12.4. The van der Waals surface area contributed by atoms with Crippen LogP contribution in [0.2, 0.25) is 0 Å². The summed E-state index contributed by atoms with van der Waals surface area (Å²) in [5.41, 5.74) is 0.385. The lowest BCUT2D eigenvalue weighted by atomic mass is 10.1. The van der Waals surface area contributed by atoms with Gasteiger partial charge in [0.05, 0.1) is 6.04 Å². The van der Waals surface area contributed by atoms with Gasteiger partial charge in [-0.2, -0.15) is 0 Å². The maximum absolute atomic E-state index is 12.1. The zero-order chi connectivity index (χ0) is 14.4. The first kappa shape index (κ1) is 15.0. The average Bonchev–Trinajstić information content (AvgIpc) is 3.10. The third-order valence-electron chi connectivity index (χ3n) is 3.73. The molecule has 2 heterocycles. The molecule has 0 radical (unpaired) electrons. The molecule has 20 heavy (non-hydrogen) atoms. The Kier molecular flexibility index (Phi) is 5.59. The SMILES string of the molecule is CCCCCC(C)NC(=O)c1coc(C2CCCN2)n1. The highest BCUT2D eigenvalue weighted by Crippen LogP contribution is 2.22. The number of hydrogen-bond donors (Lipinski definition) is 2. The molecule has 1 aliphatic heterocycles. The van der Waals surface area contributed by atoms with Crippen molar-refractivity contribution in [3.05, 3.63) is 17.8 Å². The van der Waals surface area contributed by atoms with E-state index in [1.165, 1.54) is 19.1 Å². The third-order valence-corrected chi connectivity index (χ3v) is 3.73. The summed E-state index contributed by atoms with van der Waals surface area (Å²) in [6.07, 6.45) is 8.17. The minimum Gasteiger partial charge on any atom is -0.446 e. The van der Waals surface area contributed by atoms with Crippen molar-refractivity contribution in [1.29, 1.82) is 0 Å². The van der Waals surface area contributed by atoms with Crippen LogP contribution >= 0.6 is 0 Å². The molecule has 2 N–H and O–H groups in total. The Morgan fingerprint density at radius 3 is 3.15 bits per heavy atom. The third kappa shape index (κ3) is 4.07. The van der Waals surface area contributed by atoms with E-state index in [0.29, 0.717) is 11.6 Å². The van der Waals surface area contributed by atoms with Crippen molar-refractivity contribution in [1.82, 2.24) is 15.6 Å². The van der Waals surface area contributed by atoms with E-state index in [0.717, 1.165) is 32.2 Å². The first-order valence-corrected chi connectivity index (χ1v) is 7.70. The fraction of sp³-hybridized carbons (Fsp3) is 0.733. The van der Waals surface area contributed by atoms with Gasteiger partial charge >= 0.3 is 0 Å². The van der Waals surface area contributed by atoms with E-state index in [9.17, 15) is 4.79 Å². The van der Waals surface area contributed by atoms with E-state index in [1.54, 1.807) is 0 Å². The Hall–Kier alpha value is -1.36. The van der Waals surface area contributed by atoms with Crippen molar-refractivity contribution < 1.29 is 9.21 Å². The van der Waals surface area contributed by atoms with Crippen LogP contribution in [0.3, 0.4) is 0 Å². The maximum atomic E-state index is 12.1. The van der Waals surface area contributed by atoms with Gasteiger partial charge in [0.15, 0.2) is 5.69 Å². The van der Waals surface area contributed by atoms with Crippen LogP contribution in [0.15, 0.2) is 10.7 Å². The molecule has 0 bridgehead atoms. The van der Waals surface area contributed by atoms with Crippen LogP contribution in [0, 0.1) is 0 Å². The summed E-state index contributed by atoms with van der Waals surface area (Å²) in [6.45, 7) is 5.20. The van der Waals surface area contributed by atoms with Gasteiger partial charge in [0.1, 0.15) is 6.26 Å². The molecule has 2 rings (SSSR count). The van der Waals surface area contributed by atoms with Gasteiger partial charge in [-0.05, 0) is 32.7 Å². The standard InChI is InChI=1S/C15H25N3O2/c1-3-4-5-7-11(2)17-14(19)13-10-20-15(18-13)12-8-6-9-16-12/h10-12,16H,3-9H2,1-2H3,(H,17,19). The molecule has 0 spiro atoms. The number of rotatable bonds is 7. The van der Waals surface area contributed by atoms with Crippen molar-refractivity contribution in [2.45, 2.75) is 64.5 Å². The molecule has 2 atom stereocenters. The summed E-state index contributed by atoms with van der Waals surface area (Å²) in [4.78, 5) is 16.4. The topological polar surface area (TPSA) is 67.2 Å². The Bertz CT molecular complexity index is 425. The van der Waals surface area contributed by atoms with E-state index in [2.05, 4.69) is 22.5 Å². The van der Waals surface area contributed by atoms with Gasteiger partial charge in [-0.3, -0.25) is 4.79 Å². The molecule has 1 aliphatic rings. The van der Waals surface area contributed by atoms with Crippen LogP contribution in [-0.2, 0) is 0 Å². The molecule has 0 aliphatic carbocycles. The lowest BCUT2D eigenvalue weighted by Gasteiger charge is -2.12. The summed E-state index contributed by atoms with van der Waals surface area (Å²) >= 11 is 0. The highest BCUT2D eigenvalue weighted by atomic mass is 16.3. The number of amides is 1. The molecule has 1 amide bonds. The summed E-state index contributed by atoms with van der Waals surface area (Å²) < 4.78 is 5.42. The van der Waals surface area contributed by atoms with Gasteiger partial charge in [-0.1, -0.05) is 26.2 Å². The molecular weight excluding hydrogens is 254 g/mol. The van der Waals surface area contributed by atoms with Crippen LogP contribution < -0.4 is 10.6 Å². The molecular formula is C15H25N3O2. The number of unbranched alkanes of at least 4 members (excludes halogenated alkanes) is 2. The smallest absolute Gasteiger partial charge is 0.273 e. The van der Waals surface area contributed by atoms with E-state index in [1.807, 2.05) is 6.92 Å². The Balaban J connectivity index is 1.82. The van der Waals surface area contributed by atoms with Gasteiger partial charge in [0.25, 0.3) is 5.91 Å². The normalized spacial score (nSPS) is 20.0. The second-order valence-electron chi connectivity index (χ2n) is 5.59. The van der Waals surface area contributed by atoms with Crippen molar-refractivity contribution >= 4 is 5.91 Å². The fourth-order valence-corrected chi connectivity index (χ4v) is 2.52. The second kappa shape index (κ2) is 7.43. The van der Waals surface area contributed by atoms with Crippen molar-refractivity contribution in [2.24, 2.45) is 0 Å². The highest BCUT2D eigenvalue weighted by molar-refractivity contribution is 5.92. The number of carbonyl (C=O) groups excluding carboxylic acids is 1. The van der Waals surface area contributed by atoms with Crippen LogP contribution in [0.1, 0.15) is 74.8 Å². The van der Waals surface area contributed by atoms with Gasteiger partial charge in [-0.15, -0.1) is 0 Å². The molecule has 2 unspecified atom stereocenters. The molecule has 1 aromatic heterocycles. The maximum Gasteiger partial charge on any atom is 0.273 e. The fourth-order valence-electron chi connectivity index (χ4n) is 2.52. The van der Waals surface area contributed by atoms with Crippen LogP contribution in [0.4, 0.5) is 0 Å². The molecule has 112 valence electrons.